The molecule has 2 aromatic carbocycles. The van der Waals surface area contributed by atoms with Crippen molar-refractivity contribution in [2.24, 2.45) is 0 Å². The van der Waals surface area contributed by atoms with E-state index in [1.165, 1.54) is 0 Å². The molecule has 0 saturated carbocycles. The van der Waals surface area contributed by atoms with Crippen molar-refractivity contribution in [3.8, 4) is 5.75 Å². The number of methoxy groups -OCH3 is 1. The molecule has 2 aromatic rings. The van der Waals surface area contributed by atoms with Crippen molar-refractivity contribution in [1.82, 2.24) is 0 Å². The molecule has 1 heterocycles. The highest BCUT2D eigenvalue weighted by Crippen LogP contribution is 2.31. The van der Waals surface area contributed by atoms with Crippen LogP contribution in [-0.4, -0.2) is 24.8 Å². The molecule has 3 rings (SSSR count). The normalized spacial score (nSPS) is 16.4. The molecule has 1 amide bonds. The molecule has 1 atom stereocenters. The fraction of sp³-hybridized carbons (Fsp3) is 0.263. The summed E-state index contributed by atoms with van der Waals surface area (Å²) in [4.78, 5) is 24.7. The number of para-hydroxylation sites is 2. The van der Waals surface area contributed by atoms with Crippen LogP contribution in [0, 0.1) is 0 Å². The van der Waals surface area contributed by atoms with Gasteiger partial charge in [0.05, 0.1) is 18.5 Å². The van der Waals surface area contributed by atoms with Gasteiger partial charge in [-0.1, -0.05) is 24.3 Å². The summed E-state index contributed by atoms with van der Waals surface area (Å²) in [5.41, 5.74) is 2.76. The average Bonchev–Trinajstić information content (AvgIpc) is 2.71. The number of ketones is 1. The number of Topliss-reactive ketones (excluding diaryl/α,β-unsaturated/α-hetero) is 1. The minimum Gasteiger partial charge on any atom is -0.496 e. The Morgan fingerprint density at radius 2 is 2.00 bits per heavy atom. The quantitative estimate of drug-likeness (QED) is 0.847. The van der Waals surface area contributed by atoms with E-state index in [4.69, 9.17) is 4.74 Å². The van der Waals surface area contributed by atoms with Gasteiger partial charge in [0, 0.05) is 30.0 Å². The SMILES string of the molecule is COc1ccccc1CC(=O)c1cccc2c1NC(C)CC(=O)N2. The Morgan fingerprint density at radius 1 is 1.21 bits per heavy atom. The maximum absolute atomic E-state index is 12.8. The van der Waals surface area contributed by atoms with Gasteiger partial charge in [0.15, 0.2) is 5.78 Å². The van der Waals surface area contributed by atoms with E-state index < -0.39 is 0 Å². The van der Waals surface area contributed by atoms with Gasteiger partial charge < -0.3 is 15.4 Å². The zero-order valence-corrected chi connectivity index (χ0v) is 13.8. The van der Waals surface area contributed by atoms with E-state index in [1.54, 1.807) is 25.3 Å². The molecule has 0 aromatic heterocycles. The highest BCUT2D eigenvalue weighted by Gasteiger charge is 2.22. The van der Waals surface area contributed by atoms with Gasteiger partial charge >= 0.3 is 0 Å². The standard InChI is InChI=1S/C19H20N2O3/c1-12-10-18(23)21-15-8-5-7-14(19(15)20-12)16(22)11-13-6-3-4-9-17(13)24-2/h3-9,12,20H,10-11H2,1-2H3,(H,21,23). The molecule has 1 unspecified atom stereocenters. The van der Waals surface area contributed by atoms with E-state index >= 15 is 0 Å². The largest absolute Gasteiger partial charge is 0.496 e. The summed E-state index contributed by atoms with van der Waals surface area (Å²) in [5.74, 6) is 0.623. The first-order valence-electron chi connectivity index (χ1n) is 7.93. The van der Waals surface area contributed by atoms with E-state index in [2.05, 4.69) is 10.6 Å². The molecule has 2 N–H and O–H groups in total. The predicted octanol–water partition coefficient (Wildman–Crippen LogP) is 3.26. The van der Waals surface area contributed by atoms with Gasteiger partial charge in [-0.3, -0.25) is 9.59 Å². The molecule has 0 saturated heterocycles. The van der Waals surface area contributed by atoms with Crippen LogP contribution in [0.25, 0.3) is 0 Å². The molecular weight excluding hydrogens is 304 g/mol. The Hall–Kier alpha value is -2.82. The topological polar surface area (TPSA) is 67.4 Å². The number of nitrogens with one attached hydrogen (secondary N) is 2. The van der Waals surface area contributed by atoms with Gasteiger partial charge in [-0.15, -0.1) is 0 Å². The van der Waals surface area contributed by atoms with E-state index in [-0.39, 0.29) is 24.2 Å². The number of fused-ring (bicyclic) bond motifs is 1. The number of amides is 1. The first-order valence-corrected chi connectivity index (χ1v) is 7.93. The van der Waals surface area contributed by atoms with Crippen molar-refractivity contribution in [1.29, 1.82) is 0 Å². The van der Waals surface area contributed by atoms with Crippen LogP contribution in [-0.2, 0) is 11.2 Å². The van der Waals surface area contributed by atoms with Crippen molar-refractivity contribution < 1.29 is 14.3 Å². The van der Waals surface area contributed by atoms with Gasteiger partial charge in [-0.2, -0.15) is 0 Å². The number of carbonyl (C=O) groups is 2. The molecule has 0 aliphatic carbocycles. The highest BCUT2D eigenvalue weighted by molar-refractivity contribution is 6.07. The Morgan fingerprint density at radius 3 is 2.79 bits per heavy atom. The summed E-state index contributed by atoms with van der Waals surface area (Å²) in [6, 6.07) is 12.8. The van der Waals surface area contributed by atoms with Gasteiger partial charge in [0.2, 0.25) is 5.91 Å². The van der Waals surface area contributed by atoms with E-state index in [0.29, 0.717) is 29.1 Å². The second-order valence-electron chi connectivity index (χ2n) is 5.94. The fourth-order valence-corrected chi connectivity index (χ4v) is 2.94. The van der Waals surface area contributed by atoms with Crippen LogP contribution >= 0.6 is 0 Å². The number of carbonyl (C=O) groups excluding carboxylic acids is 2. The molecule has 1 aliphatic heterocycles. The molecule has 0 radical (unpaired) electrons. The van der Waals surface area contributed by atoms with Crippen LogP contribution in [0.15, 0.2) is 42.5 Å². The monoisotopic (exact) mass is 324 g/mol. The summed E-state index contributed by atoms with van der Waals surface area (Å²) in [7, 11) is 1.59. The number of ether oxygens (including phenoxy) is 1. The second kappa shape index (κ2) is 6.74. The molecule has 124 valence electrons. The third kappa shape index (κ3) is 3.25. The van der Waals surface area contributed by atoms with E-state index in [0.717, 1.165) is 5.56 Å². The maximum Gasteiger partial charge on any atom is 0.226 e. The van der Waals surface area contributed by atoms with Crippen molar-refractivity contribution >= 4 is 23.1 Å². The number of benzene rings is 2. The number of rotatable bonds is 4. The third-order valence-electron chi connectivity index (χ3n) is 4.06. The lowest BCUT2D eigenvalue weighted by atomic mass is 9.99. The molecule has 5 heteroatoms. The predicted molar refractivity (Wildman–Crippen MR) is 93.8 cm³/mol. The molecule has 24 heavy (non-hydrogen) atoms. The minimum absolute atomic E-state index is 0.0211. The first-order chi connectivity index (χ1) is 11.6. The van der Waals surface area contributed by atoms with Crippen molar-refractivity contribution in [2.75, 3.05) is 17.7 Å². The average molecular weight is 324 g/mol. The van der Waals surface area contributed by atoms with E-state index in [1.807, 2.05) is 31.2 Å². The lowest BCUT2D eigenvalue weighted by molar-refractivity contribution is -0.116. The van der Waals surface area contributed by atoms with Gasteiger partial charge in [-0.25, -0.2) is 0 Å². The number of hydrogen-bond donors (Lipinski definition) is 2. The Bertz CT molecular complexity index is 786. The van der Waals surface area contributed by atoms with Crippen LogP contribution in [0.3, 0.4) is 0 Å². The number of hydrogen-bond acceptors (Lipinski definition) is 4. The molecule has 5 nitrogen and oxygen atoms in total. The third-order valence-corrected chi connectivity index (χ3v) is 4.06. The zero-order chi connectivity index (χ0) is 17.1. The Labute approximate surface area is 141 Å². The molecule has 0 spiro atoms. The zero-order valence-electron chi connectivity index (χ0n) is 13.8. The van der Waals surface area contributed by atoms with E-state index in [9.17, 15) is 9.59 Å². The summed E-state index contributed by atoms with van der Waals surface area (Å²) >= 11 is 0. The summed E-state index contributed by atoms with van der Waals surface area (Å²) in [6.45, 7) is 1.93. The van der Waals surface area contributed by atoms with Crippen LogP contribution in [0.1, 0.15) is 29.3 Å². The Kier molecular flexibility index (Phi) is 4.51. The molecular formula is C19H20N2O3. The van der Waals surface area contributed by atoms with Gasteiger partial charge in [0.1, 0.15) is 5.75 Å². The van der Waals surface area contributed by atoms with Gasteiger partial charge in [0.25, 0.3) is 0 Å². The minimum atomic E-state index is -0.0527. The molecule has 0 fully saturated rings. The lowest BCUT2D eigenvalue weighted by Crippen LogP contribution is -2.19. The molecule has 1 aliphatic rings. The van der Waals surface area contributed by atoms with Crippen LogP contribution < -0.4 is 15.4 Å². The maximum atomic E-state index is 12.8. The van der Waals surface area contributed by atoms with Crippen molar-refractivity contribution in [3.63, 3.8) is 0 Å². The van der Waals surface area contributed by atoms with Crippen molar-refractivity contribution in [2.45, 2.75) is 25.8 Å². The van der Waals surface area contributed by atoms with Gasteiger partial charge in [-0.05, 0) is 25.1 Å². The summed E-state index contributed by atoms with van der Waals surface area (Å²) < 4.78 is 5.32. The lowest BCUT2D eigenvalue weighted by Gasteiger charge is -2.16. The highest BCUT2D eigenvalue weighted by atomic mass is 16.5. The first kappa shape index (κ1) is 16.1. The Balaban J connectivity index is 1.94. The van der Waals surface area contributed by atoms with Crippen molar-refractivity contribution in [3.05, 3.63) is 53.6 Å². The van der Waals surface area contributed by atoms with Crippen LogP contribution in [0.5, 0.6) is 5.75 Å². The summed E-state index contributed by atoms with van der Waals surface area (Å²) in [5, 5.41) is 6.14. The molecule has 0 bridgehead atoms. The second-order valence-corrected chi connectivity index (χ2v) is 5.94. The van der Waals surface area contributed by atoms with Crippen LogP contribution in [0.2, 0.25) is 0 Å². The number of anilines is 2. The van der Waals surface area contributed by atoms with Crippen LogP contribution in [0.4, 0.5) is 11.4 Å². The smallest absolute Gasteiger partial charge is 0.226 e. The summed E-state index contributed by atoms with van der Waals surface area (Å²) in [6.07, 6.45) is 0.610. The fourth-order valence-electron chi connectivity index (χ4n) is 2.94.